The Morgan fingerprint density at radius 3 is 3.00 bits per heavy atom. The fraction of sp³-hybridized carbons (Fsp3) is 0.312. The van der Waals surface area contributed by atoms with Crippen molar-refractivity contribution in [3.8, 4) is 23.0 Å². The molecule has 1 aliphatic heterocycles. The summed E-state index contributed by atoms with van der Waals surface area (Å²) in [6.07, 6.45) is 1.84. The first kappa shape index (κ1) is 17.7. The van der Waals surface area contributed by atoms with Crippen molar-refractivity contribution in [2.75, 3.05) is 17.9 Å². The fourth-order valence-corrected chi connectivity index (χ4v) is 3.74. The summed E-state index contributed by atoms with van der Waals surface area (Å²) >= 11 is 2.54. The Labute approximate surface area is 162 Å². The quantitative estimate of drug-likeness (QED) is 0.593. The molecule has 0 spiro atoms. The van der Waals surface area contributed by atoms with Gasteiger partial charge in [-0.1, -0.05) is 30.0 Å². The molecule has 0 bridgehead atoms. The van der Waals surface area contributed by atoms with Crippen LogP contribution in [0.25, 0.3) is 11.5 Å². The van der Waals surface area contributed by atoms with Gasteiger partial charge in [-0.3, -0.25) is 10.1 Å². The number of hydrogen-bond acceptors (Lipinski definition) is 10. The number of ether oxygens (including phenoxy) is 2. The summed E-state index contributed by atoms with van der Waals surface area (Å²) in [6.45, 7) is 2.27. The SMILES string of the molecule is CCCc1nnc(NC(=O)CSc2nnc(-c3ccc4c(c3)OCO4)o2)s1. The molecule has 0 saturated carbocycles. The van der Waals surface area contributed by atoms with Gasteiger partial charge < -0.3 is 13.9 Å². The van der Waals surface area contributed by atoms with Crippen LogP contribution in [0.2, 0.25) is 0 Å². The smallest absolute Gasteiger partial charge is 0.277 e. The van der Waals surface area contributed by atoms with Gasteiger partial charge in [-0.05, 0) is 24.6 Å². The molecule has 140 valence electrons. The second kappa shape index (κ2) is 7.92. The van der Waals surface area contributed by atoms with Gasteiger partial charge in [0.15, 0.2) is 11.5 Å². The van der Waals surface area contributed by atoms with Crippen LogP contribution < -0.4 is 14.8 Å². The highest BCUT2D eigenvalue weighted by Crippen LogP contribution is 2.36. The Kier molecular flexibility index (Phi) is 5.21. The Bertz CT molecular complexity index is 958. The molecule has 2 aromatic heterocycles. The Hall–Kier alpha value is -2.66. The molecular weight excluding hydrogens is 390 g/mol. The topological polar surface area (TPSA) is 112 Å². The van der Waals surface area contributed by atoms with Crippen molar-refractivity contribution >= 4 is 34.1 Å². The minimum Gasteiger partial charge on any atom is -0.454 e. The lowest BCUT2D eigenvalue weighted by Gasteiger charge is -1.99. The van der Waals surface area contributed by atoms with E-state index in [9.17, 15) is 4.79 Å². The van der Waals surface area contributed by atoms with Gasteiger partial charge in [0.25, 0.3) is 5.22 Å². The summed E-state index contributed by atoms with van der Waals surface area (Å²) in [6, 6.07) is 5.38. The summed E-state index contributed by atoms with van der Waals surface area (Å²) in [5.41, 5.74) is 0.723. The van der Waals surface area contributed by atoms with Crippen LogP contribution in [0.4, 0.5) is 5.13 Å². The summed E-state index contributed by atoms with van der Waals surface area (Å²) in [5.74, 6) is 1.60. The van der Waals surface area contributed by atoms with E-state index in [1.807, 2.05) is 6.07 Å². The van der Waals surface area contributed by atoms with Crippen LogP contribution in [-0.4, -0.2) is 38.8 Å². The highest BCUT2D eigenvalue weighted by Gasteiger charge is 2.17. The van der Waals surface area contributed by atoms with E-state index >= 15 is 0 Å². The van der Waals surface area contributed by atoms with Gasteiger partial charge in [-0.25, -0.2) is 0 Å². The number of hydrogen-bond donors (Lipinski definition) is 1. The molecule has 1 aromatic carbocycles. The average Bonchev–Trinajstić information content (AvgIpc) is 3.40. The van der Waals surface area contributed by atoms with E-state index in [0.717, 1.165) is 35.2 Å². The Morgan fingerprint density at radius 2 is 2.11 bits per heavy atom. The zero-order valence-electron chi connectivity index (χ0n) is 14.3. The molecular formula is C16H15N5O4S2. The summed E-state index contributed by atoms with van der Waals surface area (Å²) in [7, 11) is 0. The molecule has 0 aliphatic carbocycles. The molecule has 9 nitrogen and oxygen atoms in total. The van der Waals surface area contributed by atoms with Gasteiger partial charge in [-0.15, -0.1) is 20.4 Å². The zero-order chi connectivity index (χ0) is 18.6. The number of fused-ring (bicyclic) bond motifs is 1. The van der Waals surface area contributed by atoms with E-state index in [2.05, 4.69) is 32.6 Å². The van der Waals surface area contributed by atoms with Crippen molar-refractivity contribution in [3.05, 3.63) is 23.2 Å². The normalized spacial score (nSPS) is 12.3. The molecule has 0 unspecified atom stereocenters. The first-order valence-electron chi connectivity index (χ1n) is 8.20. The lowest BCUT2D eigenvalue weighted by molar-refractivity contribution is -0.113. The van der Waals surface area contributed by atoms with Crippen molar-refractivity contribution in [3.63, 3.8) is 0 Å². The molecule has 4 rings (SSSR count). The number of aryl methyl sites for hydroxylation is 1. The molecule has 1 amide bonds. The van der Waals surface area contributed by atoms with Gasteiger partial charge in [0, 0.05) is 12.0 Å². The van der Waals surface area contributed by atoms with Gasteiger partial charge in [-0.2, -0.15) is 0 Å². The number of carbonyl (C=O) groups is 1. The molecule has 11 heteroatoms. The van der Waals surface area contributed by atoms with Crippen molar-refractivity contribution in [2.45, 2.75) is 25.0 Å². The third-order valence-electron chi connectivity index (χ3n) is 3.53. The highest BCUT2D eigenvalue weighted by atomic mass is 32.2. The number of anilines is 1. The lowest BCUT2D eigenvalue weighted by atomic mass is 10.2. The predicted octanol–water partition coefficient (Wildman–Crippen LogP) is 3.00. The third-order valence-corrected chi connectivity index (χ3v) is 5.25. The lowest BCUT2D eigenvalue weighted by Crippen LogP contribution is -2.13. The number of benzene rings is 1. The molecule has 3 heterocycles. The van der Waals surface area contributed by atoms with E-state index in [1.54, 1.807) is 12.1 Å². The molecule has 0 radical (unpaired) electrons. The van der Waals surface area contributed by atoms with Crippen molar-refractivity contribution in [2.24, 2.45) is 0 Å². The molecule has 3 aromatic rings. The number of aromatic nitrogens is 4. The first-order chi connectivity index (χ1) is 13.2. The van der Waals surface area contributed by atoms with Crippen LogP contribution in [0, 0.1) is 0 Å². The minimum absolute atomic E-state index is 0.130. The third kappa shape index (κ3) is 4.19. The van der Waals surface area contributed by atoms with Crippen LogP contribution in [0.5, 0.6) is 11.5 Å². The molecule has 1 aliphatic rings. The number of nitrogens with zero attached hydrogens (tertiary/aromatic N) is 4. The Balaban J connectivity index is 1.33. The standard InChI is InChI=1S/C16H15N5O4S2/c1-2-3-13-18-20-15(27-13)17-12(22)7-26-16-21-19-14(25-16)9-4-5-10-11(6-9)24-8-23-10/h4-6H,2-3,7-8H2,1H3,(H,17,20,22). The van der Waals surface area contributed by atoms with Gasteiger partial charge in [0.2, 0.25) is 23.7 Å². The maximum Gasteiger partial charge on any atom is 0.277 e. The van der Waals surface area contributed by atoms with E-state index < -0.39 is 0 Å². The molecule has 27 heavy (non-hydrogen) atoms. The predicted molar refractivity (Wildman–Crippen MR) is 99.1 cm³/mol. The van der Waals surface area contributed by atoms with Gasteiger partial charge in [0.05, 0.1) is 5.75 Å². The second-order valence-corrected chi connectivity index (χ2v) is 7.52. The molecule has 0 fully saturated rings. The first-order valence-corrected chi connectivity index (χ1v) is 10.00. The number of thioether (sulfide) groups is 1. The van der Waals surface area contributed by atoms with Crippen LogP contribution in [-0.2, 0) is 11.2 Å². The maximum atomic E-state index is 12.0. The van der Waals surface area contributed by atoms with Crippen molar-refractivity contribution in [1.82, 2.24) is 20.4 Å². The van der Waals surface area contributed by atoms with E-state index in [-0.39, 0.29) is 18.5 Å². The van der Waals surface area contributed by atoms with Crippen LogP contribution >= 0.6 is 23.1 Å². The largest absolute Gasteiger partial charge is 0.454 e. The van der Waals surface area contributed by atoms with Gasteiger partial charge >= 0.3 is 0 Å². The minimum atomic E-state index is -0.206. The van der Waals surface area contributed by atoms with E-state index in [4.69, 9.17) is 13.9 Å². The number of carbonyl (C=O) groups excluding carboxylic acids is 1. The monoisotopic (exact) mass is 405 g/mol. The average molecular weight is 405 g/mol. The summed E-state index contributed by atoms with van der Waals surface area (Å²) in [4.78, 5) is 12.0. The Morgan fingerprint density at radius 1 is 1.22 bits per heavy atom. The van der Waals surface area contributed by atoms with E-state index in [0.29, 0.717) is 27.7 Å². The summed E-state index contributed by atoms with van der Waals surface area (Å²) in [5, 5.41) is 20.4. The van der Waals surface area contributed by atoms with Crippen molar-refractivity contribution < 1.29 is 18.7 Å². The molecule has 0 atom stereocenters. The van der Waals surface area contributed by atoms with Crippen LogP contribution in [0.1, 0.15) is 18.4 Å². The van der Waals surface area contributed by atoms with Crippen molar-refractivity contribution in [1.29, 1.82) is 0 Å². The van der Waals surface area contributed by atoms with Crippen LogP contribution in [0.15, 0.2) is 27.8 Å². The van der Waals surface area contributed by atoms with Gasteiger partial charge in [0.1, 0.15) is 5.01 Å². The summed E-state index contributed by atoms with van der Waals surface area (Å²) < 4.78 is 16.2. The fourth-order valence-electron chi connectivity index (χ4n) is 2.32. The van der Waals surface area contributed by atoms with E-state index in [1.165, 1.54) is 11.3 Å². The zero-order valence-corrected chi connectivity index (χ0v) is 15.9. The maximum absolute atomic E-state index is 12.0. The second-order valence-electron chi connectivity index (χ2n) is 5.53. The molecule has 0 saturated heterocycles. The van der Waals surface area contributed by atoms with Crippen LogP contribution in [0.3, 0.4) is 0 Å². The number of rotatable bonds is 7. The number of amides is 1. The molecule has 1 N–H and O–H groups in total. The number of nitrogens with one attached hydrogen (secondary N) is 1. The highest BCUT2D eigenvalue weighted by molar-refractivity contribution is 7.99.